The highest BCUT2D eigenvalue weighted by Gasteiger charge is 2.01. The van der Waals surface area contributed by atoms with E-state index in [0.29, 0.717) is 11.5 Å². The van der Waals surface area contributed by atoms with Crippen molar-refractivity contribution >= 4 is 17.2 Å². The van der Waals surface area contributed by atoms with E-state index in [9.17, 15) is 0 Å². The first-order chi connectivity index (χ1) is 7.65. The molecule has 1 heterocycles. The van der Waals surface area contributed by atoms with Crippen LogP contribution in [0, 0.1) is 6.92 Å². The molecule has 1 aromatic carbocycles. The van der Waals surface area contributed by atoms with Crippen LogP contribution in [0.25, 0.3) is 0 Å². The Morgan fingerprint density at radius 1 is 1.12 bits per heavy atom. The number of nitrogens with two attached hydrogens (primary N) is 1. The smallest absolute Gasteiger partial charge is 0.153 e. The Balaban J connectivity index is 2.26. The number of aromatic hydroxyl groups is 1. The molecule has 0 bridgehead atoms. The topological polar surface area (TPSA) is 71.2 Å². The van der Waals surface area contributed by atoms with E-state index in [2.05, 4.69) is 10.3 Å². The average Bonchev–Trinajstić information content (AvgIpc) is 2.27. The zero-order chi connectivity index (χ0) is 11.5. The predicted octanol–water partition coefficient (Wildman–Crippen LogP) is 2.42. The molecule has 0 aliphatic rings. The van der Waals surface area contributed by atoms with Crippen LogP contribution in [0.15, 0.2) is 36.4 Å². The highest BCUT2D eigenvalue weighted by Crippen LogP contribution is 2.22. The van der Waals surface area contributed by atoms with E-state index in [4.69, 9.17) is 10.8 Å². The summed E-state index contributed by atoms with van der Waals surface area (Å²) in [5.41, 5.74) is 8.12. The van der Waals surface area contributed by atoms with E-state index in [-0.39, 0.29) is 5.75 Å². The van der Waals surface area contributed by atoms with Crippen molar-refractivity contribution in [3.05, 3.63) is 42.1 Å². The molecule has 0 unspecified atom stereocenters. The van der Waals surface area contributed by atoms with Gasteiger partial charge in [-0.3, -0.25) is 0 Å². The molecule has 4 N–H and O–H groups in total. The largest absolute Gasteiger partial charge is 0.508 e. The number of phenolic OH excluding ortho intramolecular Hbond substituents is 1. The molecule has 0 spiro atoms. The minimum absolute atomic E-state index is 0.232. The van der Waals surface area contributed by atoms with Gasteiger partial charge in [0.2, 0.25) is 0 Å². The number of phenols is 1. The molecule has 16 heavy (non-hydrogen) atoms. The lowest BCUT2D eigenvalue weighted by Gasteiger charge is -2.08. The molecule has 4 nitrogen and oxygen atoms in total. The van der Waals surface area contributed by atoms with Gasteiger partial charge in [-0.25, -0.2) is 4.98 Å². The van der Waals surface area contributed by atoms with E-state index in [0.717, 1.165) is 11.4 Å². The Kier molecular flexibility index (Phi) is 2.64. The molecule has 2 aromatic rings. The van der Waals surface area contributed by atoms with Crippen molar-refractivity contribution in [2.45, 2.75) is 6.92 Å². The predicted molar refractivity (Wildman–Crippen MR) is 64.8 cm³/mol. The summed E-state index contributed by atoms with van der Waals surface area (Å²) in [6.45, 7) is 1.90. The average molecular weight is 215 g/mol. The van der Waals surface area contributed by atoms with Gasteiger partial charge < -0.3 is 16.2 Å². The van der Waals surface area contributed by atoms with Gasteiger partial charge >= 0.3 is 0 Å². The quantitative estimate of drug-likeness (QED) is 0.673. The lowest BCUT2D eigenvalue weighted by atomic mass is 10.3. The number of pyridine rings is 1. The maximum atomic E-state index is 9.15. The van der Waals surface area contributed by atoms with Crippen LogP contribution in [0.2, 0.25) is 0 Å². The number of aryl methyl sites for hydroxylation is 1. The molecule has 0 amide bonds. The second-order valence-electron chi connectivity index (χ2n) is 3.56. The second-order valence-corrected chi connectivity index (χ2v) is 3.56. The number of hydrogen-bond acceptors (Lipinski definition) is 4. The molecule has 0 atom stereocenters. The van der Waals surface area contributed by atoms with Gasteiger partial charge in [0.05, 0.1) is 5.69 Å². The first kappa shape index (κ1) is 10.3. The molecule has 1 aromatic heterocycles. The molecule has 0 radical (unpaired) electrons. The second kappa shape index (κ2) is 4.10. The van der Waals surface area contributed by atoms with Crippen molar-refractivity contribution in [1.82, 2.24) is 4.98 Å². The monoisotopic (exact) mass is 215 g/mol. The number of hydrogen-bond donors (Lipinski definition) is 3. The van der Waals surface area contributed by atoms with Crippen LogP contribution >= 0.6 is 0 Å². The van der Waals surface area contributed by atoms with Gasteiger partial charge in [0.25, 0.3) is 0 Å². The molecule has 2 rings (SSSR count). The third-order valence-electron chi connectivity index (χ3n) is 2.20. The maximum absolute atomic E-state index is 9.15. The fourth-order valence-electron chi connectivity index (χ4n) is 1.35. The van der Waals surface area contributed by atoms with E-state index in [1.165, 1.54) is 0 Å². The van der Waals surface area contributed by atoms with Crippen LogP contribution in [0.5, 0.6) is 5.75 Å². The summed E-state index contributed by atoms with van der Waals surface area (Å²) in [7, 11) is 0. The van der Waals surface area contributed by atoms with Crippen LogP contribution in [0.1, 0.15) is 5.69 Å². The number of anilines is 3. The summed E-state index contributed by atoms with van der Waals surface area (Å²) in [6.07, 6.45) is 0. The zero-order valence-electron chi connectivity index (χ0n) is 8.94. The van der Waals surface area contributed by atoms with E-state index >= 15 is 0 Å². The van der Waals surface area contributed by atoms with Gasteiger partial charge in [-0.2, -0.15) is 0 Å². The van der Waals surface area contributed by atoms with E-state index < -0.39 is 0 Å². The maximum Gasteiger partial charge on any atom is 0.153 e. The summed E-state index contributed by atoms with van der Waals surface area (Å²) < 4.78 is 0. The number of benzene rings is 1. The number of aromatic nitrogens is 1. The number of nitrogen functional groups attached to an aromatic ring is 1. The van der Waals surface area contributed by atoms with Crippen molar-refractivity contribution in [3.8, 4) is 5.75 Å². The van der Waals surface area contributed by atoms with Gasteiger partial charge in [0.15, 0.2) is 5.82 Å². The van der Waals surface area contributed by atoms with E-state index in [1.54, 1.807) is 24.3 Å². The molecular formula is C12H13N3O. The fraction of sp³-hybridized carbons (Fsp3) is 0.0833. The highest BCUT2D eigenvalue weighted by atomic mass is 16.3. The molecule has 0 saturated heterocycles. The minimum atomic E-state index is 0.232. The lowest BCUT2D eigenvalue weighted by Crippen LogP contribution is -1.99. The summed E-state index contributed by atoms with van der Waals surface area (Å²) in [5.74, 6) is 0.862. The summed E-state index contributed by atoms with van der Waals surface area (Å²) >= 11 is 0. The molecule has 0 fully saturated rings. The minimum Gasteiger partial charge on any atom is -0.508 e. The summed E-state index contributed by atoms with van der Waals surface area (Å²) in [6, 6.07) is 10.4. The molecular weight excluding hydrogens is 202 g/mol. The van der Waals surface area contributed by atoms with Crippen molar-refractivity contribution in [1.29, 1.82) is 0 Å². The van der Waals surface area contributed by atoms with E-state index in [1.807, 2.05) is 19.1 Å². The van der Waals surface area contributed by atoms with Crippen molar-refractivity contribution in [2.75, 3.05) is 11.1 Å². The van der Waals surface area contributed by atoms with Gasteiger partial charge in [-0.15, -0.1) is 0 Å². The number of rotatable bonds is 2. The first-order valence-electron chi connectivity index (χ1n) is 4.94. The van der Waals surface area contributed by atoms with Crippen LogP contribution in [0.4, 0.5) is 17.2 Å². The van der Waals surface area contributed by atoms with Gasteiger partial charge in [-0.05, 0) is 43.3 Å². The van der Waals surface area contributed by atoms with Crippen molar-refractivity contribution in [3.63, 3.8) is 0 Å². The van der Waals surface area contributed by atoms with Crippen LogP contribution in [-0.2, 0) is 0 Å². The summed E-state index contributed by atoms with van der Waals surface area (Å²) in [4.78, 5) is 4.29. The van der Waals surface area contributed by atoms with Gasteiger partial charge in [-0.1, -0.05) is 0 Å². The summed E-state index contributed by atoms with van der Waals surface area (Å²) in [5, 5.41) is 12.2. The van der Waals surface area contributed by atoms with Crippen LogP contribution in [-0.4, -0.2) is 10.1 Å². The standard InChI is InChI=1S/C12H13N3O/c1-8-2-7-11(13)12(14-8)15-9-3-5-10(16)6-4-9/h2-7,16H,13H2,1H3,(H,14,15). The zero-order valence-corrected chi connectivity index (χ0v) is 8.94. The molecule has 82 valence electrons. The molecule has 0 aliphatic carbocycles. The van der Waals surface area contributed by atoms with Crippen LogP contribution < -0.4 is 11.1 Å². The fourth-order valence-corrected chi connectivity index (χ4v) is 1.35. The van der Waals surface area contributed by atoms with Gasteiger partial charge in [0.1, 0.15) is 5.75 Å². The Bertz CT molecular complexity index is 494. The third-order valence-corrected chi connectivity index (χ3v) is 2.20. The van der Waals surface area contributed by atoms with Gasteiger partial charge in [0, 0.05) is 11.4 Å². The third kappa shape index (κ3) is 2.23. The van der Waals surface area contributed by atoms with Crippen LogP contribution in [0.3, 0.4) is 0 Å². The molecule has 0 saturated carbocycles. The van der Waals surface area contributed by atoms with Crippen molar-refractivity contribution in [2.24, 2.45) is 0 Å². The SMILES string of the molecule is Cc1ccc(N)c(Nc2ccc(O)cc2)n1. The normalized spacial score (nSPS) is 10.1. The Morgan fingerprint density at radius 3 is 2.50 bits per heavy atom. The Labute approximate surface area is 93.8 Å². The number of nitrogens with one attached hydrogen (secondary N) is 1. The highest BCUT2D eigenvalue weighted by molar-refractivity contribution is 5.68. The first-order valence-corrected chi connectivity index (χ1v) is 4.94. The van der Waals surface area contributed by atoms with Crippen molar-refractivity contribution < 1.29 is 5.11 Å². The Morgan fingerprint density at radius 2 is 1.81 bits per heavy atom. The molecule has 0 aliphatic heterocycles. The Hall–Kier alpha value is -2.23. The molecule has 4 heteroatoms. The lowest BCUT2D eigenvalue weighted by molar-refractivity contribution is 0.475. The number of nitrogens with zero attached hydrogens (tertiary/aromatic N) is 1.